The third kappa shape index (κ3) is 4.10. The van der Waals surface area contributed by atoms with Crippen LogP contribution >= 0.6 is 11.6 Å². The number of para-hydroxylation sites is 1. The molecule has 30 heavy (non-hydrogen) atoms. The molecule has 1 unspecified atom stereocenters. The molecule has 2 aromatic rings. The van der Waals surface area contributed by atoms with E-state index in [1.807, 2.05) is 58.0 Å². The molecule has 6 nitrogen and oxygen atoms in total. The van der Waals surface area contributed by atoms with Crippen LogP contribution in [0.3, 0.4) is 0 Å². The first-order valence-corrected chi connectivity index (χ1v) is 10.3. The third-order valence-corrected chi connectivity index (χ3v) is 5.26. The van der Waals surface area contributed by atoms with Crippen LogP contribution in [0, 0.1) is 0 Å². The summed E-state index contributed by atoms with van der Waals surface area (Å²) in [6.07, 6.45) is 4.12. The van der Waals surface area contributed by atoms with Crippen LogP contribution < -0.4 is 9.47 Å². The maximum Gasteiger partial charge on any atom is 0.410 e. The van der Waals surface area contributed by atoms with Gasteiger partial charge in [-0.25, -0.2) is 9.78 Å². The molecule has 1 atom stereocenters. The van der Waals surface area contributed by atoms with E-state index >= 15 is 0 Å². The molecule has 0 saturated heterocycles. The van der Waals surface area contributed by atoms with Gasteiger partial charge in [-0.05, 0) is 51.0 Å². The number of hydrogen-bond donors (Lipinski definition) is 0. The first kappa shape index (κ1) is 20.5. The fraction of sp³-hybridized carbons (Fsp3) is 0.391. The van der Waals surface area contributed by atoms with Crippen molar-refractivity contribution in [2.45, 2.75) is 45.5 Å². The molecular weight excluding hydrogens is 404 g/mol. The van der Waals surface area contributed by atoms with Gasteiger partial charge < -0.3 is 19.1 Å². The number of ether oxygens (including phenoxy) is 3. The van der Waals surface area contributed by atoms with Gasteiger partial charge in [-0.1, -0.05) is 29.8 Å². The van der Waals surface area contributed by atoms with Crippen molar-refractivity contribution < 1.29 is 19.0 Å². The predicted molar refractivity (Wildman–Crippen MR) is 115 cm³/mol. The molecule has 158 valence electrons. The molecule has 3 heterocycles. The van der Waals surface area contributed by atoms with Crippen molar-refractivity contribution in [2.75, 3.05) is 13.1 Å². The maximum atomic E-state index is 12.3. The summed E-state index contributed by atoms with van der Waals surface area (Å²) >= 11 is 5.91. The van der Waals surface area contributed by atoms with E-state index in [1.165, 1.54) is 0 Å². The molecule has 4 rings (SSSR count). The van der Waals surface area contributed by atoms with Crippen LogP contribution in [0.25, 0.3) is 5.57 Å². The van der Waals surface area contributed by atoms with Gasteiger partial charge in [-0.3, -0.25) is 0 Å². The fourth-order valence-electron chi connectivity index (χ4n) is 3.55. The molecule has 1 aromatic carbocycles. The Morgan fingerprint density at radius 1 is 1.23 bits per heavy atom. The summed E-state index contributed by atoms with van der Waals surface area (Å²) in [6, 6.07) is 9.42. The van der Waals surface area contributed by atoms with Crippen LogP contribution in [0.5, 0.6) is 11.5 Å². The Labute approximate surface area is 181 Å². The lowest BCUT2D eigenvalue weighted by Crippen LogP contribution is -2.39. The molecule has 0 N–H and O–H groups in total. The number of rotatable bonds is 2. The highest BCUT2D eigenvalue weighted by Gasteiger charge is 2.40. The summed E-state index contributed by atoms with van der Waals surface area (Å²) in [6.45, 7) is 8.55. The number of amides is 1. The van der Waals surface area contributed by atoms with Crippen LogP contribution in [0.1, 0.15) is 45.2 Å². The van der Waals surface area contributed by atoms with Gasteiger partial charge in [-0.15, -0.1) is 0 Å². The van der Waals surface area contributed by atoms with Crippen LogP contribution in [-0.2, 0) is 10.5 Å². The molecule has 0 radical (unpaired) electrons. The minimum absolute atomic E-state index is 0.293. The number of carbonyl (C=O) groups excluding carboxylic acids is 1. The summed E-state index contributed by atoms with van der Waals surface area (Å²) in [5, 5.41) is 0.417. The Balaban J connectivity index is 1.54. The fourth-order valence-corrected chi connectivity index (χ4v) is 3.66. The zero-order valence-electron chi connectivity index (χ0n) is 17.6. The average Bonchev–Trinajstić information content (AvgIpc) is 3.04. The third-order valence-electron chi connectivity index (χ3n) is 5.04. The topological polar surface area (TPSA) is 60.9 Å². The molecule has 7 heteroatoms. The molecule has 0 saturated carbocycles. The second-order valence-corrected chi connectivity index (χ2v) is 8.95. The highest BCUT2D eigenvalue weighted by molar-refractivity contribution is 6.29. The van der Waals surface area contributed by atoms with Gasteiger partial charge in [0.15, 0.2) is 11.5 Å². The number of halogens is 1. The van der Waals surface area contributed by atoms with E-state index in [-0.39, 0.29) is 6.09 Å². The highest BCUT2D eigenvalue weighted by Crippen LogP contribution is 2.48. The minimum atomic E-state index is -0.978. The van der Waals surface area contributed by atoms with E-state index < -0.39 is 11.4 Å². The summed E-state index contributed by atoms with van der Waals surface area (Å²) < 4.78 is 17.9. The first-order chi connectivity index (χ1) is 14.1. The second kappa shape index (κ2) is 7.51. The normalized spacial score (nSPS) is 20.7. The number of fused-ring (bicyclic) bond motifs is 1. The monoisotopic (exact) mass is 428 g/mol. The smallest absolute Gasteiger partial charge is 0.410 e. The van der Waals surface area contributed by atoms with Gasteiger partial charge in [0, 0.05) is 31.8 Å². The molecule has 0 aliphatic carbocycles. The number of benzene rings is 1. The number of carbonyl (C=O) groups is 1. The quantitative estimate of drug-likeness (QED) is 0.599. The van der Waals surface area contributed by atoms with Gasteiger partial charge in [-0.2, -0.15) is 0 Å². The van der Waals surface area contributed by atoms with Gasteiger partial charge in [0.1, 0.15) is 10.8 Å². The largest absolute Gasteiger partial charge is 0.444 e. The van der Waals surface area contributed by atoms with Crippen LogP contribution in [-0.4, -0.2) is 34.7 Å². The van der Waals surface area contributed by atoms with Crippen LogP contribution in [0.15, 0.2) is 42.6 Å². The summed E-state index contributed by atoms with van der Waals surface area (Å²) in [4.78, 5) is 18.2. The first-order valence-electron chi connectivity index (χ1n) is 9.95. The van der Waals surface area contributed by atoms with Crippen molar-refractivity contribution in [1.29, 1.82) is 0 Å². The second-order valence-electron chi connectivity index (χ2n) is 8.56. The number of pyridine rings is 1. The molecule has 2 aliphatic heterocycles. The standard InChI is InChI=1S/C23H25ClN2O4/c1-22(2,3)30-21(27)26-12-10-15(11-13-26)17-6-5-7-18-20(17)29-23(4,28-18)16-8-9-19(24)25-14-16/h5-10,14H,11-13H2,1-4H3. The molecule has 0 bridgehead atoms. The molecule has 1 amide bonds. The Bertz CT molecular complexity index is 997. The Hall–Kier alpha value is -2.73. The van der Waals surface area contributed by atoms with Crippen LogP contribution in [0.2, 0.25) is 5.15 Å². The predicted octanol–water partition coefficient (Wildman–Crippen LogP) is 5.40. The number of hydrogen-bond acceptors (Lipinski definition) is 5. The minimum Gasteiger partial charge on any atom is -0.444 e. The lowest BCUT2D eigenvalue weighted by molar-refractivity contribution is -0.0684. The van der Waals surface area contributed by atoms with E-state index in [9.17, 15) is 4.79 Å². The van der Waals surface area contributed by atoms with Crippen LogP contribution in [0.4, 0.5) is 4.79 Å². The molecule has 0 fully saturated rings. The van der Waals surface area contributed by atoms with Gasteiger partial charge >= 0.3 is 6.09 Å². The summed E-state index contributed by atoms with van der Waals surface area (Å²) in [5.74, 6) is 0.403. The summed E-state index contributed by atoms with van der Waals surface area (Å²) in [5.41, 5.74) is 2.37. The number of aromatic nitrogens is 1. The van der Waals surface area contributed by atoms with Crippen molar-refractivity contribution in [3.8, 4) is 11.5 Å². The number of nitrogens with zero attached hydrogens (tertiary/aromatic N) is 2. The lowest BCUT2D eigenvalue weighted by atomic mass is 9.98. The molecular formula is C23H25ClN2O4. The Morgan fingerprint density at radius 2 is 2.03 bits per heavy atom. The Morgan fingerprint density at radius 3 is 2.67 bits per heavy atom. The van der Waals surface area contributed by atoms with E-state index in [2.05, 4.69) is 4.98 Å². The van der Waals surface area contributed by atoms with Gasteiger partial charge in [0.2, 0.25) is 0 Å². The van der Waals surface area contributed by atoms with Crippen molar-refractivity contribution >= 4 is 23.3 Å². The zero-order valence-corrected chi connectivity index (χ0v) is 18.3. The van der Waals surface area contributed by atoms with E-state index in [1.54, 1.807) is 17.2 Å². The van der Waals surface area contributed by atoms with Gasteiger partial charge in [0.25, 0.3) is 5.79 Å². The van der Waals surface area contributed by atoms with Crippen molar-refractivity contribution in [3.05, 3.63) is 58.9 Å². The highest BCUT2D eigenvalue weighted by atomic mass is 35.5. The SMILES string of the molecule is CC(C)(C)OC(=O)N1CC=C(c2cccc3c2OC(C)(c2ccc(Cl)nc2)O3)CC1. The maximum absolute atomic E-state index is 12.3. The average molecular weight is 429 g/mol. The van der Waals surface area contributed by atoms with Crippen molar-refractivity contribution in [3.63, 3.8) is 0 Å². The zero-order chi connectivity index (χ0) is 21.5. The van der Waals surface area contributed by atoms with Crippen molar-refractivity contribution in [1.82, 2.24) is 9.88 Å². The lowest BCUT2D eigenvalue weighted by Gasteiger charge is -2.30. The molecule has 2 aliphatic rings. The van der Waals surface area contributed by atoms with Crippen molar-refractivity contribution in [2.24, 2.45) is 0 Å². The van der Waals surface area contributed by atoms with E-state index in [4.69, 9.17) is 25.8 Å². The molecule has 1 aromatic heterocycles. The molecule has 0 spiro atoms. The summed E-state index contributed by atoms with van der Waals surface area (Å²) in [7, 11) is 0. The van der Waals surface area contributed by atoms with E-state index in [0.29, 0.717) is 36.2 Å². The van der Waals surface area contributed by atoms with E-state index in [0.717, 1.165) is 16.7 Å². The van der Waals surface area contributed by atoms with Gasteiger partial charge in [0.05, 0.1) is 5.56 Å². The Kier molecular flexibility index (Phi) is 5.14.